The van der Waals surface area contributed by atoms with Gasteiger partial charge in [-0.3, -0.25) is 9.69 Å². The van der Waals surface area contributed by atoms with E-state index < -0.39 is 0 Å². The lowest BCUT2D eigenvalue weighted by Gasteiger charge is -2.36. The Labute approximate surface area is 162 Å². The molecule has 2 aliphatic rings. The summed E-state index contributed by atoms with van der Waals surface area (Å²) >= 11 is 11.8. The second kappa shape index (κ2) is 8.90. The smallest absolute Gasteiger partial charge is 0.321 e. The number of carbonyl (C=O) groups excluding carboxylic acids is 2. The highest BCUT2D eigenvalue weighted by Crippen LogP contribution is 2.25. The van der Waals surface area contributed by atoms with Gasteiger partial charge in [-0.1, -0.05) is 23.2 Å². The summed E-state index contributed by atoms with van der Waals surface area (Å²) in [6, 6.07) is 4.75. The number of nitrogens with zero attached hydrogens (tertiary/aromatic N) is 3. The van der Waals surface area contributed by atoms with Crippen LogP contribution >= 0.6 is 23.2 Å². The summed E-state index contributed by atoms with van der Waals surface area (Å²) in [7, 11) is 0. The predicted octanol–water partition coefficient (Wildman–Crippen LogP) is 2.00. The maximum absolute atomic E-state index is 12.4. The molecule has 3 amide bonds. The van der Waals surface area contributed by atoms with Crippen LogP contribution < -0.4 is 5.32 Å². The average molecular weight is 401 g/mol. The van der Waals surface area contributed by atoms with Crippen molar-refractivity contribution in [3.63, 3.8) is 0 Å². The first-order chi connectivity index (χ1) is 12.5. The Morgan fingerprint density at radius 1 is 0.962 bits per heavy atom. The number of carbonyl (C=O) groups is 2. The molecule has 0 aliphatic carbocycles. The van der Waals surface area contributed by atoms with Crippen molar-refractivity contribution in [3.8, 4) is 0 Å². The van der Waals surface area contributed by atoms with E-state index in [1.165, 1.54) is 0 Å². The Balaban J connectivity index is 1.45. The lowest BCUT2D eigenvalue weighted by atomic mass is 10.3. The summed E-state index contributed by atoms with van der Waals surface area (Å²) in [5, 5.41) is 3.64. The summed E-state index contributed by atoms with van der Waals surface area (Å²) in [6.07, 6.45) is 0. The quantitative estimate of drug-likeness (QED) is 0.842. The number of rotatable bonds is 3. The van der Waals surface area contributed by atoms with Crippen molar-refractivity contribution in [1.82, 2.24) is 14.7 Å². The van der Waals surface area contributed by atoms with Gasteiger partial charge in [-0.15, -0.1) is 0 Å². The van der Waals surface area contributed by atoms with Crippen molar-refractivity contribution in [2.45, 2.75) is 0 Å². The van der Waals surface area contributed by atoms with E-state index in [2.05, 4.69) is 10.2 Å². The largest absolute Gasteiger partial charge is 0.379 e. The van der Waals surface area contributed by atoms with Crippen LogP contribution in [0.5, 0.6) is 0 Å². The van der Waals surface area contributed by atoms with Gasteiger partial charge in [-0.25, -0.2) is 4.79 Å². The highest BCUT2D eigenvalue weighted by Gasteiger charge is 2.25. The van der Waals surface area contributed by atoms with Crippen LogP contribution in [0.15, 0.2) is 18.2 Å². The molecular weight excluding hydrogens is 379 g/mol. The fourth-order valence-corrected chi connectivity index (χ4v) is 3.28. The van der Waals surface area contributed by atoms with E-state index in [0.29, 0.717) is 61.7 Å². The van der Waals surface area contributed by atoms with Crippen LogP contribution in [0.3, 0.4) is 0 Å². The van der Waals surface area contributed by atoms with Gasteiger partial charge < -0.3 is 19.9 Å². The van der Waals surface area contributed by atoms with Crippen LogP contribution in [0.25, 0.3) is 0 Å². The third-order valence-electron chi connectivity index (χ3n) is 4.55. The van der Waals surface area contributed by atoms with Gasteiger partial charge in [0.25, 0.3) is 0 Å². The number of nitrogens with one attached hydrogen (secondary N) is 1. The van der Waals surface area contributed by atoms with E-state index in [9.17, 15) is 9.59 Å². The fourth-order valence-electron chi connectivity index (χ4n) is 2.99. The first-order valence-electron chi connectivity index (χ1n) is 8.62. The number of benzene rings is 1. The third kappa shape index (κ3) is 5.01. The zero-order valence-corrected chi connectivity index (χ0v) is 15.9. The topological polar surface area (TPSA) is 65.1 Å². The molecule has 1 aromatic rings. The first kappa shape index (κ1) is 19.2. The average Bonchev–Trinajstić information content (AvgIpc) is 2.65. The molecule has 1 N–H and O–H groups in total. The van der Waals surface area contributed by atoms with Gasteiger partial charge >= 0.3 is 6.03 Å². The van der Waals surface area contributed by atoms with Crippen LogP contribution in [-0.2, 0) is 9.53 Å². The number of piperazine rings is 1. The van der Waals surface area contributed by atoms with Crippen LogP contribution in [-0.4, -0.2) is 85.7 Å². The van der Waals surface area contributed by atoms with E-state index in [1.54, 1.807) is 23.1 Å². The van der Waals surface area contributed by atoms with Gasteiger partial charge in [0.2, 0.25) is 5.91 Å². The monoisotopic (exact) mass is 400 g/mol. The van der Waals surface area contributed by atoms with E-state index in [4.69, 9.17) is 27.9 Å². The van der Waals surface area contributed by atoms with Gasteiger partial charge in [-0.2, -0.15) is 0 Å². The second-order valence-electron chi connectivity index (χ2n) is 6.32. The van der Waals surface area contributed by atoms with Crippen molar-refractivity contribution in [2.75, 3.05) is 64.3 Å². The molecule has 1 aromatic carbocycles. The van der Waals surface area contributed by atoms with Crippen molar-refractivity contribution in [3.05, 3.63) is 28.2 Å². The molecule has 0 radical (unpaired) electrons. The Hall–Kier alpha value is -1.54. The van der Waals surface area contributed by atoms with Gasteiger partial charge in [0.15, 0.2) is 0 Å². The molecule has 2 aliphatic heterocycles. The van der Waals surface area contributed by atoms with Crippen LogP contribution in [0.2, 0.25) is 10.0 Å². The number of amides is 3. The van der Waals surface area contributed by atoms with Gasteiger partial charge in [0.1, 0.15) is 0 Å². The number of urea groups is 1. The molecule has 0 unspecified atom stereocenters. The lowest BCUT2D eigenvalue weighted by Crippen LogP contribution is -2.54. The number of halogens is 2. The molecule has 2 heterocycles. The molecule has 0 aromatic heterocycles. The molecule has 3 rings (SSSR count). The van der Waals surface area contributed by atoms with E-state index >= 15 is 0 Å². The molecule has 2 fully saturated rings. The minimum Gasteiger partial charge on any atom is -0.379 e. The number of hydrogen-bond donors (Lipinski definition) is 1. The minimum atomic E-state index is -0.205. The summed E-state index contributed by atoms with van der Waals surface area (Å²) in [5.41, 5.74) is 0.593. The zero-order valence-electron chi connectivity index (χ0n) is 14.4. The number of morpholine rings is 1. The Kier molecular flexibility index (Phi) is 6.58. The highest BCUT2D eigenvalue weighted by molar-refractivity contribution is 6.42. The normalized spacial score (nSPS) is 18.7. The molecule has 9 heteroatoms. The SMILES string of the molecule is O=C(CN1CCOCC1)N1CCN(C(=O)Nc2ccc(Cl)c(Cl)c2)CC1. The summed E-state index contributed by atoms with van der Waals surface area (Å²) in [6.45, 7) is 5.43. The zero-order chi connectivity index (χ0) is 18.5. The Morgan fingerprint density at radius 3 is 2.27 bits per heavy atom. The molecule has 7 nitrogen and oxygen atoms in total. The number of hydrogen-bond acceptors (Lipinski definition) is 4. The van der Waals surface area contributed by atoms with Crippen molar-refractivity contribution in [1.29, 1.82) is 0 Å². The van der Waals surface area contributed by atoms with E-state index in [0.717, 1.165) is 13.1 Å². The lowest BCUT2D eigenvalue weighted by molar-refractivity contribution is -0.134. The van der Waals surface area contributed by atoms with Crippen molar-refractivity contribution in [2.24, 2.45) is 0 Å². The molecule has 0 bridgehead atoms. The number of ether oxygens (including phenoxy) is 1. The molecule has 142 valence electrons. The van der Waals surface area contributed by atoms with Crippen LogP contribution in [0.1, 0.15) is 0 Å². The second-order valence-corrected chi connectivity index (χ2v) is 7.13. The van der Waals surface area contributed by atoms with Crippen LogP contribution in [0.4, 0.5) is 10.5 Å². The molecule has 0 saturated carbocycles. The van der Waals surface area contributed by atoms with Crippen molar-refractivity contribution < 1.29 is 14.3 Å². The number of anilines is 1. The predicted molar refractivity (Wildman–Crippen MR) is 101 cm³/mol. The van der Waals surface area contributed by atoms with E-state index in [-0.39, 0.29) is 11.9 Å². The van der Waals surface area contributed by atoms with Gasteiger partial charge in [0, 0.05) is 45.0 Å². The standard InChI is InChI=1S/C17H22Cl2N4O3/c18-14-2-1-13(11-15(14)19)20-17(25)23-5-3-22(4-6-23)16(24)12-21-7-9-26-10-8-21/h1-2,11H,3-10,12H2,(H,20,25). The Morgan fingerprint density at radius 2 is 1.62 bits per heavy atom. The maximum Gasteiger partial charge on any atom is 0.321 e. The van der Waals surface area contributed by atoms with E-state index in [1.807, 2.05) is 4.90 Å². The summed E-state index contributed by atoms with van der Waals surface area (Å²) < 4.78 is 5.30. The fraction of sp³-hybridized carbons (Fsp3) is 0.529. The molecule has 0 atom stereocenters. The van der Waals surface area contributed by atoms with Gasteiger partial charge in [0.05, 0.1) is 29.8 Å². The highest BCUT2D eigenvalue weighted by atomic mass is 35.5. The summed E-state index contributed by atoms with van der Waals surface area (Å²) in [4.78, 5) is 30.4. The molecule has 2 saturated heterocycles. The Bertz CT molecular complexity index is 659. The van der Waals surface area contributed by atoms with Gasteiger partial charge in [-0.05, 0) is 18.2 Å². The summed E-state index contributed by atoms with van der Waals surface area (Å²) in [5.74, 6) is 0.108. The molecular formula is C17H22Cl2N4O3. The molecule has 0 spiro atoms. The van der Waals surface area contributed by atoms with Crippen LogP contribution in [0, 0.1) is 0 Å². The first-order valence-corrected chi connectivity index (χ1v) is 9.37. The maximum atomic E-state index is 12.4. The molecule has 26 heavy (non-hydrogen) atoms. The third-order valence-corrected chi connectivity index (χ3v) is 5.29. The minimum absolute atomic E-state index is 0.108. The van der Waals surface area contributed by atoms with Crippen molar-refractivity contribution >= 4 is 40.8 Å².